The normalized spacial score (nSPS) is 19.4. The lowest BCUT2D eigenvalue weighted by atomic mass is 10.4. The van der Waals surface area contributed by atoms with E-state index in [2.05, 4.69) is 15.9 Å². The molecule has 1 aliphatic rings. The van der Waals surface area contributed by atoms with Gasteiger partial charge in [0.25, 0.3) is 0 Å². The summed E-state index contributed by atoms with van der Waals surface area (Å²) >= 11 is 3.28. The lowest BCUT2D eigenvalue weighted by Crippen LogP contribution is -2.11. The smallest absolute Gasteiger partial charge is 0.160 e. The molecular weight excluding hydrogens is 212 g/mol. The molecule has 0 spiro atoms. The van der Waals surface area contributed by atoms with Crippen LogP contribution in [0.25, 0.3) is 0 Å². The van der Waals surface area contributed by atoms with Gasteiger partial charge in [-0.3, -0.25) is 0 Å². The van der Waals surface area contributed by atoms with E-state index in [0.29, 0.717) is 0 Å². The number of hydrogen-bond donors (Lipinski definition) is 0. The summed E-state index contributed by atoms with van der Waals surface area (Å²) in [6.07, 6.45) is 0.817. The second kappa shape index (κ2) is 5.94. The first-order chi connectivity index (χ1) is 5.43. The molecule has 1 saturated heterocycles. The van der Waals surface area contributed by atoms with E-state index in [4.69, 9.17) is 14.2 Å². The second-order valence-electron chi connectivity index (χ2n) is 2.26. The molecule has 0 unspecified atom stereocenters. The average molecular weight is 225 g/mol. The molecule has 1 aliphatic heterocycles. The van der Waals surface area contributed by atoms with Crippen LogP contribution in [-0.2, 0) is 14.2 Å². The van der Waals surface area contributed by atoms with Crippen LogP contribution >= 0.6 is 15.9 Å². The minimum Gasteiger partial charge on any atom is -0.380 e. The quantitative estimate of drug-likeness (QED) is 0.519. The lowest BCUT2D eigenvalue weighted by molar-refractivity contribution is -0.0607. The molecule has 0 radical (unpaired) electrons. The van der Waals surface area contributed by atoms with Crippen molar-refractivity contribution in [1.82, 2.24) is 0 Å². The van der Waals surface area contributed by atoms with Crippen LogP contribution in [0.5, 0.6) is 0 Å². The Morgan fingerprint density at radius 3 is 2.64 bits per heavy atom. The van der Waals surface area contributed by atoms with E-state index in [1.165, 1.54) is 0 Å². The van der Waals surface area contributed by atoms with E-state index in [1.54, 1.807) is 0 Å². The summed E-state index contributed by atoms with van der Waals surface area (Å²) in [5.74, 6) is 0. The summed E-state index contributed by atoms with van der Waals surface area (Å²) in [5, 5.41) is 0.888. The van der Waals surface area contributed by atoms with Crippen LogP contribution in [-0.4, -0.2) is 38.0 Å². The number of hydrogen-bond acceptors (Lipinski definition) is 3. The van der Waals surface area contributed by atoms with Crippen molar-refractivity contribution in [2.75, 3.05) is 31.8 Å². The summed E-state index contributed by atoms with van der Waals surface area (Å²) in [7, 11) is 0. The first-order valence-corrected chi connectivity index (χ1v) is 4.92. The molecule has 0 aromatic carbocycles. The highest BCUT2D eigenvalue weighted by Gasteiger charge is 2.14. The molecule has 1 heterocycles. The number of rotatable bonds is 5. The SMILES string of the molecule is BrCCOCCC1OCCO1. The topological polar surface area (TPSA) is 27.7 Å². The second-order valence-corrected chi connectivity index (χ2v) is 3.05. The van der Waals surface area contributed by atoms with Crippen molar-refractivity contribution >= 4 is 15.9 Å². The van der Waals surface area contributed by atoms with Crippen molar-refractivity contribution in [3.8, 4) is 0 Å². The van der Waals surface area contributed by atoms with Gasteiger partial charge in [-0.2, -0.15) is 0 Å². The first kappa shape index (κ1) is 9.45. The molecule has 0 N–H and O–H groups in total. The summed E-state index contributed by atoms with van der Waals surface area (Å²) in [4.78, 5) is 0. The van der Waals surface area contributed by atoms with Gasteiger partial charge in [-0.15, -0.1) is 0 Å². The van der Waals surface area contributed by atoms with Crippen molar-refractivity contribution in [2.24, 2.45) is 0 Å². The van der Waals surface area contributed by atoms with E-state index in [0.717, 1.165) is 38.2 Å². The van der Waals surface area contributed by atoms with Crippen LogP contribution in [0, 0.1) is 0 Å². The van der Waals surface area contributed by atoms with Gasteiger partial charge in [0.15, 0.2) is 6.29 Å². The minimum absolute atomic E-state index is 0.0228. The largest absolute Gasteiger partial charge is 0.380 e. The molecule has 4 heteroatoms. The molecule has 0 aromatic rings. The zero-order valence-corrected chi connectivity index (χ0v) is 8.01. The molecule has 1 fully saturated rings. The van der Waals surface area contributed by atoms with Crippen LogP contribution in [0.2, 0.25) is 0 Å². The Morgan fingerprint density at radius 1 is 1.27 bits per heavy atom. The molecule has 66 valence electrons. The molecule has 0 aromatic heterocycles. The maximum atomic E-state index is 5.24. The van der Waals surface area contributed by atoms with E-state index < -0.39 is 0 Å². The molecule has 0 amide bonds. The fraction of sp³-hybridized carbons (Fsp3) is 1.00. The van der Waals surface area contributed by atoms with E-state index in [9.17, 15) is 0 Å². The molecule has 0 bridgehead atoms. The van der Waals surface area contributed by atoms with Gasteiger partial charge < -0.3 is 14.2 Å². The van der Waals surface area contributed by atoms with Crippen molar-refractivity contribution in [3.05, 3.63) is 0 Å². The molecule has 0 saturated carbocycles. The van der Waals surface area contributed by atoms with Gasteiger partial charge >= 0.3 is 0 Å². The number of halogens is 1. The Labute approximate surface area is 75.1 Å². The zero-order chi connectivity index (χ0) is 7.94. The number of ether oxygens (including phenoxy) is 3. The molecule has 0 atom stereocenters. The molecule has 1 rings (SSSR count). The zero-order valence-electron chi connectivity index (χ0n) is 6.42. The van der Waals surface area contributed by atoms with Crippen LogP contribution in [0.15, 0.2) is 0 Å². The monoisotopic (exact) mass is 224 g/mol. The Balaban J connectivity index is 1.86. The predicted octanol–water partition coefficient (Wildman–Crippen LogP) is 1.16. The highest BCUT2D eigenvalue weighted by atomic mass is 79.9. The Hall–Kier alpha value is 0.360. The summed E-state index contributed by atoms with van der Waals surface area (Å²) in [6.45, 7) is 2.93. The predicted molar refractivity (Wildman–Crippen MR) is 44.9 cm³/mol. The van der Waals surface area contributed by atoms with Crippen molar-refractivity contribution in [2.45, 2.75) is 12.7 Å². The molecule has 11 heavy (non-hydrogen) atoms. The van der Waals surface area contributed by atoms with Crippen LogP contribution < -0.4 is 0 Å². The lowest BCUT2D eigenvalue weighted by Gasteiger charge is -2.07. The summed E-state index contributed by atoms with van der Waals surface area (Å²) in [5.41, 5.74) is 0. The van der Waals surface area contributed by atoms with Gasteiger partial charge in [-0.05, 0) is 0 Å². The fourth-order valence-electron chi connectivity index (χ4n) is 0.910. The van der Waals surface area contributed by atoms with Crippen molar-refractivity contribution < 1.29 is 14.2 Å². The van der Waals surface area contributed by atoms with Gasteiger partial charge in [0.05, 0.1) is 26.4 Å². The average Bonchev–Trinajstić information content (AvgIpc) is 2.50. The van der Waals surface area contributed by atoms with E-state index in [1.807, 2.05) is 0 Å². The third kappa shape index (κ3) is 4.06. The highest BCUT2D eigenvalue weighted by molar-refractivity contribution is 9.09. The Bertz CT molecular complexity index is 93.7. The fourth-order valence-corrected chi connectivity index (χ4v) is 1.14. The maximum Gasteiger partial charge on any atom is 0.160 e. The van der Waals surface area contributed by atoms with Crippen molar-refractivity contribution in [1.29, 1.82) is 0 Å². The standard InChI is InChI=1S/C7H13BrO3/c8-2-4-9-3-1-7-10-5-6-11-7/h7H,1-6H2. The first-order valence-electron chi connectivity index (χ1n) is 3.80. The van der Waals surface area contributed by atoms with Gasteiger partial charge in [0.2, 0.25) is 0 Å². The highest BCUT2D eigenvalue weighted by Crippen LogP contribution is 2.07. The summed E-state index contributed by atoms with van der Waals surface area (Å²) < 4.78 is 15.7. The van der Waals surface area contributed by atoms with Crippen LogP contribution in [0.4, 0.5) is 0 Å². The third-order valence-electron chi connectivity index (χ3n) is 1.41. The van der Waals surface area contributed by atoms with Gasteiger partial charge in [-0.25, -0.2) is 0 Å². The summed E-state index contributed by atoms with van der Waals surface area (Å²) in [6, 6.07) is 0. The van der Waals surface area contributed by atoms with Crippen LogP contribution in [0.3, 0.4) is 0 Å². The van der Waals surface area contributed by atoms with Gasteiger partial charge in [0, 0.05) is 11.8 Å². The van der Waals surface area contributed by atoms with Crippen molar-refractivity contribution in [3.63, 3.8) is 0 Å². The van der Waals surface area contributed by atoms with Crippen LogP contribution in [0.1, 0.15) is 6.42 Å². The van der Waals surface area contributed by atoms with Gasteiger partial charge in [0.1, 0.15) is 0 Å². The maximum absolute atomic E-state index is 5.24. The van der Waals surface area contributed by atoms with Gasteiger partial charge in [-0.1, -0.05) is 15.9 Å². The molecule has 3 nitrogen and oxygen atoms in total. The van der Waals surface area contributed by atoms with E-state index >= 15 is 0 Å². The Kier molecular flexibility index (Phi) is 5.10. The number of alkyl halides is 1. The minimum atomic E-state index is -0.0228. The molecular formula is C7H13BrO3. The Morgan fingerprint density at radius 2 is 2.00 bits per heavy atom. The van der Waals surface area contributed by atoms with E-state index in [-0.39, 0.29) is 6.29 Å². The third-order valence-corrected chi connectivity index (χ3v) is 1.73. The molecule has 0 aliphatic carbocycles.